The lowest BCUT2D eigenvalue weighted by molar-refractivity contribution is 0.483. The van der Waals surface area contributed by atoms with E-state index in [0.717, 1.165) is 32.3 Å². The van der Waals surface area contributed by atoms with Gasteiger partial charge in [0.2, 0.25) is 0 Å². The predicted molar refractivity (Wildman–Crippen MR) is 92.7 cm³/mol. The summed E-state index contributed by atoms with van der Waals surface area (Å²) in [5, 5.41) is 2.66. The molecule has 0 spiro atoms. The molecule has 0 amide bonds. The maximum atomic E-state index is 6.23. The Labute approximate surface area is 141 Å². The zero-order valence-electron chi connectivity index (χ0n) is 10.9. The Balaban J connectivity index is 2.11. The van der Waals surface area contributed by atoms with Crippen LogP contribution in [0.15, 0.2) is 59.1 Å². The Morgan fingerprint density at radius 3 is 2.43 bits per heavy atom. The number of alkyl halides is 1. The summed E-state index contributed by atoms with van der Waals surface area (Å²) in [6.07, 6.45) is 0. The number of hydrogen-bond donors (Lipinski definition) is 0. The third kappa shape index (κ3) is 3.03. The van der Waals surface area contributed by atoms with Crippen molar-refractivity contribution in [1.82, 2.24) is 0 Å². The van der Waals surface area contributed by atoms with E-state index in [4.69, 9.17) is 27.9 Å². The summed E-state index contributed by atoms with van der Waals surface area (Å²) in [6, 6.07) is 17.4. The molecule has 0 atom stereocenters. The van der Waals surface area contributed by atoms with Gasteiger partial charge in [0.15, 0.2) is 0 Å². The van der Waals surface area contributed by atoms with Crippen LogP contribution in [0.5, 0.6) is 11.5 Å². The van der Waals surface area contributed by atoms with Gasteiger partial charge in [-0.1, -0.05) is 57.9 Å². The number of rotatable bonds is 3. The first-order valence-corrected chi connectivity index (χ1v) is 8.09. The second kappa shape index (κ2) is 6.27. The number of benzene rings is 3. The molecule has 0 radical (unpaired) electrons. The number of fused-ring (bicyclic) bond motifs is 1. The molecule has 21 heavy (non-hydrogen) atoms. The third-order valence-corrected chi connectivity index (χ3v) is 4.33. The Morgan fingerprint density at radius 2 is 1.67 bits per heavy atom. The minimum atomic E-state index is 0.397. The molecule has 3 aromatic carbocycles. The van der Waals surface area contributed by atoms with Gasteiger partial charge < -0.3 is 4.74 Å². The summed E-state index contributed by atoms with van der Waals surface area (Å²) >= 11 is 15.7. The van der Waals surface area contributed by atoms with Crippen molar-refractivity contribution in [2.75, 3.05) is 0 Å². The van der Waals surface area contributed by atoms with E-state index in [1.807, 2.05) is 54.6 Å². The summed E-state index contributed by atoms with van der Waals surface area (Å²) in [4.78, 5) is 0. The van der Waals surface area contributed by atoms with Crippen LogP contribution in [0.2, 0.25) is 5.02 Å². The monoisotopic (exact) mass is 380 g/mol. The zero-order valence-corrected chi connectivity index (χ0v) is 14.0. The fourth-order valence-corrected chi connectivity index (χ4v) is 2.96. The van der Waals surface area contributed by atoms with Gasteiger partial charge in [-0.15, -0.1) is 11.6 Å². The van der Waals surface area contributed by atoms with E-state index in [2.05, 4.69) is 15.9 Å². The van der Waals surface area contributed by atoms with Crippen LogP contribution in [-0.4, -0.2) is 0 Å². The number of halogens is 3. The molecule has 4 heteroatoms. The Kier molecular flexibility index (Phi) is 4.39. The van der Waals surface area contributed by atoms with Gasteiger partial charge in [-0.05, 0) is 24.3 Å². The van der Waals surface area contributed by atoms with Gasteiger partial charge in [-0.3, -0.25) is 0 Å². The van der Waals surface area contributed by atoms with Crippen molar-refractivity contribution in [1.29, 1.82) is 0 Å². The van der Waals surface area contributed by atoms with Gasteiger partial charge >= 0.3 is 0 Å². The van der Waals surface area contributed by atoms with Crippen molar-refractivity contribution in [3.63, 3.8) is 0 Å². The lowest BCUT2D eigenvalue weighted by Gasteiger charge is -2.13. The van der Waals surface area contributed by atoms with Gasteiger partial charge in [0.1, 0.15) is 11.5 Å². The van der Waals surface area contributed by atoms with E-state index in [0.29, 0.717) is 10.9 Å². The van der Waals surface area contributed by atoms with Gasteiger partial charge in [0.05, 0.1) is 5.88 Å². The highest BCUT2D eigenvalue weighted by Crippen LogP contribution is 2.36. The Morgan fingerprint density at radius 1 is 0.905 bits per heavy atom. The lowest BCUT2D eigenvalue weighted by Crippen LogP contribution is -1.91. The van der Waals surface area contributed by atoms with Crippen LogP contribution < -0.4 is 4.74 Å². The first kappa shape index (κ1) is 14.7. The van der Waals surface area contributed by atoms with Crippen LogP contribution in [-0.2, 0) is 5.88 Å². The van der Waals surface area contributed by atoms with Crippen LogP contribution in [0.4, 0.5) is 0 Å². The largest absolute Gasteiger partial charge is 0.456 e. The Hall–Kier alpha value is -1.22. The normalized spacial score (nSPS) is 10.8. The van der Waals surface area contributed by atoms with Crippen molar-refractivity contribution < 1.29 is 4.74 Å². The highest BCUT2D eigenvalue weighted by atomic mass is 79.9. The van der Waals surface area contributed by atoms with Crippen LogP contribution in [0.25, 0.3) is 10.8 Å². The minimum absolute atomic E-state index is 0.397. The fraction of sp³-hybridized carbons (Fsp3) is 0.0588. The molecule has 0 bridgehead atoms. The fourth-order valence-electron chi connectivity index (χ4n) is 2.18. The molecule has 3 rings (SSSR count). The molecule has 0 heterocycles. The van der Waals surface area contributed by atoms with Gasteiger partial charge in [-0.25, -0.2) is 0 Å². The van der Waals surface area contributed by atoms with Gasteiger partial charge in [-0.2, -0.15) is 0 Å². The predicted octanol–water partition coefficient (Wildman–Crippen LogP) is 6.79. The van der Waals surface area contributed by atoms with Crippen LogP contribution in [0, 0.1) is 0 Å². The zero-order chi connectivity index (χ0) is 14.8. The van der Waals surface area contributed by atoms with Gasteiger partial charge in [0, 0.05) is 25.8 Å². The van der Waals surface area contributed by atoms with Crippen LogP contribution in [0.1, 0.15) is 5.56 Å². The molecule has 0 aromatic heterocycles. The molecule has 106 valence electrons. The molecule has 0 N–H and O–H groups in total. The van der Waals surface area contributed by atoms with Crippen molar-refractivity contribution in [3.8, 4) is 11.5 Å². The lowest BCUT2D eigenvalue weighted by atomic mass is 10.1. The average molecular weight is 382 g/mol. The summed E-state index contributed by atoms with van der Waals surface area (Å²) < 4.78 is 7.03. The Bertz CT molecular complexity index is 802. The van der Waals surface area contributed by atoms with E-state index >= 15 is 0 Å². The van der Waals surface area contributed by atoms with E-state index in [1.54, 1.807) is 0 Å². The third-order valence-electron chi connectivity index (χ3n) is 3.22. The van der Waals surface area contributed by atoms with Crippen LogP contribution in [0.3, 0.4) is 0 Å². The smallest absolute Gasteiger partial charge is 0.135 e. The van der Waals surface area contributed by atoms with Gasteiger partial charge in [0.25, 0.3) is 0 Å². The van der Waals surface area contributed by atoms with E-state index in [-0.39, 0.29) is 0 Å². The summed E-state index contributed by atoms with van der Waals surface area (Å²) in [5.74, 6) is 1.90. The van der Waals surface area contributed by atoms with E-state index in [1.165, 1.54) is 0 Å². The second-order valence-corrected chi connectivity index (χ2v) is 6.17. The van der Waals surface area contributed by atoms with E-state index in [9.17, 15) is 0 Å². The summed E-state index contributed by atoms with van der Waals surface area (Å²) in [7, 11) is 0. The number of ether oxygens (including phenoxy) is 1. The average Bonchev–Trinajstić information content (AvgIpc) is 2.51. The molecule has 0 unspecified atom stereocenters. The highest BCUT2D eigenvalue weighted by Gasteiger charge is 2.09. The first-order chi connectivity index (χ1) is 10.2. The van der Waals surface area contributed by atoms with Crippen molar-refractivity contribution in [2.45, 2.75) is 5.88 Å². The maximum absolute atomic E-state index is 6.23. The number of hydrogen-bond acceptors (Lipinski definition) is 1. The highest BCUT2D eigenvalue weighted by molar-refractivity contribution is 9.10. The maximum Gasteiger partial charge on any atom is 0.135 e. The standard InChI is InChI=1S/C17H11BrCl2O/c18-12-6-5-11(10-19)17(9-12)21-16-8-7-15(20)13-3-1-2-4-14(13)16/h1-9H,10H2. The summed E-state index contributed by atoms with van der Waals surface area (Å²) in [6.45, 7) is 0. The second-order valence-electron chi connectivity index (χ2n) is 4.58. The first-order valence-electron chi connectivity index (χ1n) is 6.38. The SMILES string of the molecule is ClCc1ccc(Br)cc1Oc1ccc(Cl)c2ccccc12. The minimum Gasteiger partial charge on any atom is -0.456 e. The molecular formula is C17H11BrCl2O. The topological polar surface area (TPSA) is 9.23 Å². The molecular weight excluding hydrogens is 371 g/mol. The van der Waals surface area contributed by atoms with Crippen molar-refractivity contribution >= 4 is 49.9 Å². The van der Waals surface area contributed by atoms with Crippen LogP contribution >= 0.6 is 39.1 Å². The summed E-state index contributed by atoms with van der Waals surface area (Å²) in [5.41, 5.74) is 0.943. The quantitative estimate of drug-likeness (QED) is 0.454. The molecule has 0 fully saturated rings. The molecule has 0 aliphatic rings. The molecule has 0 saturated carbocycles. The van der Waals surface area contributed by atoms with Crippen molar-refractivity contribution in [2.24, 2.45) is 0 Å². The molecule has 1 nitrogen and oxygen atoms in total. The molecule has 0 aliphatic carbocycles. The molecule has 0 aliphatic heterocycles. The molecule has 3 aromatic rings. The molecule has 0 saturated heterocycles. The van der Waals surface area contributed by atoms with E-state index < -0.39 is 0 Å². The van der Waals surface area contributed by atoms with Crippen molar-refractivity contribution in [3.05, 3.63) is 69.7 Å².